The van der Waals surface area contributed by atoms with Gasteiger partial charge in [0.15, 0.2) is 0 Å². The molecule has 5 rings (SSSR count). The molecule has 0 aliphatic heterocycles. The summed E-state index contributed by atoms with van der Waals surface area (Å²) in [5.74, 6) is -0.565. The van der Waals surface area contributed by atoms with Gasteiger partial charge in [-0.15, -0.1) is 10.2 Å². The van der Waals surface area contributed by atoms with Crippen LogP contribution in [0.1, 0.15) is 88.2 Å². The van der Waals surface area contributed by atoms with Crippen molar-refractivity contribution in [2.75, 3.05) is 11.9 Å². The Bertz CT molecular complexity index is 1930. The van der Waals surface area contributed by atoms with Gasteiger partial charge in [0.1, 0.15) is 17.5 Å². The van der Waals surface area contributed by atoms with Crippen LogP contribution in [0.25, 0.3) is 22.5 Å². The number of aromatic amines is 1. The Morgan fingerprint density at radius 2 is 1.56 bits per heavy atom. The van der Waals surface area contributed by atoms with Crippen LogP contribution in [-0.2, 0) is 20.7 Å². The van der Waals surface area contributed by atoms with Gasteiger partial charge < -0.3 is 26.0 Å². The number of alkyl carbamates (subject to hydrolysis) is 1. The molecule has 4 amide bonds. The van der Waals surface area contributed by atoms with E-state index in [0.717, 1.165) is 31.2 Å². The van der Waals surface area contributed by atoms with Crippen LogP contribution in [0.5, 0.6) is 0 Å². The van der Waals surface area contributed by atoms with Crippen LogP contribution >= 0.6 is 0 Å². The molecule has 0 saturated heterocycles. The second kappa shape index (κ2) is 18.1. The molecule has 5 N–H and O–H groups in total. The van der Waals surface area contributed by atoms with Gasteiger partial charge in [0.25, 0.3) is 5.91 Å². The number of hydrogen-bond acceptors (Lipinski definition) is 8. The lowest BCUT2D eigenvalue weighted by Gasteiger charge is -2.29. The van der Waals surface area contributed by atoms with E-state index < -0.39 is 23.6 Å². The Morgan fingerprint density at radius 3 is 2.18 bits per heavy atom. The molecule has 3 aromatic carbocycles. The van der Waals surface area contributed by atoms with Crippen molar-refractivity contribution in [1.29, 1.82) is 0 Å². The van der Waals surface area contributed by atoms with Crippen LogP contribution in [0.15, 0.2) is 60.7 Å². The van der Waals surface area contributed by atoms with Gasteiger partial charge in [0.2, 0.25) is 17.6 Å². The van der Waals surface area contributed by atoms with E-state index in [0.29, 0.717) is 46.2 Å². The first-order chi connectivity index (χ1) is 26.1. The lowest BCUT2D eigenvalue weighted by atomic mass is 9.80. The van der Waals surface area contributed by atoms with E-state index in [1.54, 1.807) is 37.3 Å². The second-order valence-corrected chi connectivity index (χ2v) is 15.6. The summed E-state index contributed by atoms with van der Waals surface area (Å²) in [7, 11) is 0. The van der Waals surface area contributed by atoms with Crippen LogP contribution in [0, 0.1) is 24.6 Å². The van der Waals surface area contributed by atoms with Crippen molar-refractivity contribution in [3.63, 3.8) is 0 Å². The number of halogens is 1. The van der Waals surface area contributed by atoms with E-state index in [2.05, 4.69) is 41.9 Å². The summed E-state index contributed by atoms with van der Waals surface area (Å²) in [6.07, 6.45) is 3.46. The minimum atomic E-state index is -0.896. The number of nitrogens with one attached hydrogen (secondary N) is 5. The number of aromatic nitrogens is 4. The molecule has 0 radical (unpaired) electrons. The van der Waals surface area contributed by atoms with Crippen molar-refractivity contribution in [3.8, 4) is 22.5 Å². The van der Waals surface area contributed by atoms with Crippen molar-refractivity contribution in [2.45, 2.75) is 97.8 Å². The molecule has 1 atom stereocenters. The van der Waals surface area contributed by atoms with Crippen LogP contribution in [0.4, 0.5) is 14.9 Å². The van der Waals surface area contributed by atoms with Gasteiger partial charge in [0, 0.05) is 42.2 Å². The molecule has 1 aliphatic carbocycles. The summed E-state index contributed by atoms with van der Waals surface area (Å²) in [6.45, 7) is 11.3. The number of H-pyrrole nitrogens is 1. The van der Waals surface area contributed by atoms with E-state index in [9.17, 15) is 23.6 Å². The highest BCUT2D eigenvalue weighted by Gasteiger charge is 2.27. The standard InChI is InChI=1S/C41H51FN8O5/c1-24(2)44-38(52)31-21-33(25(3)34(42)22-31)29-13-11-26(12-14-29)19-35(39(53)45-32-17-15-30(16-18-32)37-47-49-50-48-37)46-36(51)20-27-7-9-28(10-8-27)23-43-40(54)55-41(4,5)6/h11-18,21-22,24,27-28,35H,7-10,19-20,23H2,1-6H3,(H,43,54)(H,44,52)(H,45,53)(H,46,51)(H,47,48,49,50). The maximum Gasteiger partial charge on any atom is 0.407 e. The highest BCUT2D eigenvalue weighted by atomic mass is 19.1. The molecule has 0 bridgehead atoms. The molecule has 292 valence electrons. The highest BCUT2D eigenvalue weighted by molar-refractivity contribution is 5.98. The number of hydrogen-bond donors (Lipinski definition) is 5. The summed E-state index contributed by atoms with van der Waals surface area (Å²) < 4.78 is 20.3. The molecule has 14 heteroatoms. The van der Waals surface area contributed by atoms with Crippen LogP contribution in [0.3, 0.4) is 0 Å². The maximum absolute atomic E-state index is 15.0. The predicted octanol–water partition coefficient (Wildman–Crippen LogP) is 6.51. The van der Waals surface area contributed by atoms with E-state index >= 15 is 0 Å². The van der Waals surface area contributed by atoms with Gasteiger partial charge in [-0.1, -0.05) is 24.3 Å². The van der Waals surface area contributed by atoms with E-state index in [1.807, 2.05) is 58.9 Å². The minimum Gasteiger partial charge on any atom is -0.444 e. The third kappa shape index (κ3) is 11.9. The number of rotatable bonds is 13. The van der Waals surface area contributed by atoms with Crippen molar-refractivity contribution in [3.05, 3.63) is 83.2 Å². The Kier molecular flexibility index (Phi) is 13.3. The smallest absolute Gasteiger partial charge is 0.407 e. The molecular weight excluding hydrogens is 703 g/mol. The number of anilines is 1. The fourth-order valence-corrected chi connectivity index (χ4v) is 6.63. The van der Waals surface area contributed by atoms with Gasteiger partial charge in [-0.05, 0) is 143 Å². The van der Waals surface area contributed by atoms with Crippen LogP contribution in [0.2, 0.25) is 0 Å². The monoisotopic (exact) mass is 754 g/mol. The van der Waals surface area contributed by atoms with Gasteiger partial charge >= 0.3 is 6.09 Å². The molecule has 55 heavy (non-hydrogen) atoms. The quantitative estimate of drug-likeness (QED) is 0.103. The Morgan fingerprint density at radius 1 is 0.909 bits per heavy atom. The second-order valence-electron chi connectivity index (χ2n) is 15.6. The minimum absolute atomic E-state index is 0.101. The topological polar surface area (TPSA) is 180 Å². The highest BCUT2D eigenvalue weighted by Crippen LogP contribution is 2.31. The Labute approximate surface area is 321 Å². The van der Waals surface area contributed by atoms with Gasteiger partial charge in [-0.25, -0.2) is 9.18 Å². The lowest BCUT2D eigenvalue weighted by molar-refractivity contribution is -0.127. The summed E-state index contributed by atoms with van der Waals surface area (Å²) >= 11 is 0. The van der Waals surface area contributed by atoms with E-state index in [1.165, 1.54) is 6.07 Å². The molecule has 1 aliphatic rings. The Balaban J connectivity index is 1.26. The number of nitrogens with zero attached hydrogens (tertiary/aromatic N) is 3. The van der Waals surface area contributed by atoms with Crippen molar-refractivity contribution < 1.29 is 28.3 Å². The van der Waals surface area contributed by atoms with Crippen molar-refractivity contribution >= 4 is 29.5 Å². The number of benzene rings is 3. The number of carbonyl (C=O) groups excluding carboxylic acids is 4. The molecule has 1 heterocycles. The normalized spacial score (nSPS) is 16.2. The molecule has 1 unspecified atom stereocenters. The largest absolute Gasteiger partial charge is 0.444 e. The summed E-state index contributed by atoms with van der Waals surface area (Å²) in [5.41, 5.74) is 3.40. The first kappa shape index (κ1) is 40.5. The fraction of sp³-hybridized carbons (Fsp3) is 0.439. The summed E-state index contributed by atoms with van der Waals surface area (Å²) in [5, 5.41) is 25.5. The number of amides is 4. The third-order valence-corrected chi connectivity index (χ3v) is 9.51. The number of carbonyl (C=O) groups is 4. The van der Waals surface area contributed by atoms with E-state index in [4.69, 9.17) is 4.74 Å². The zero-order valence-corrected chi connectivity index (χ0v) is 32.3. The SMILES string of the molecule is Cc1c(F)cc(C(=O)NC(C)C)cc1-c1ccc(CC(NC(=O)CC2CCC(CNC(=O)OC(C)(C)C)CC2)C(=O)Nc2ccc(-c3nn[nH]n3)cc2)cc1. The first-order valence-electron chi connectivity index (χ1n) is 18.7. The first-order valence-corrected chi connectivity index (χ1v) is 18.7. The molecule has 4 aromatic rings. The summed E-state index contributed by atoms with van der Waals surface area (Å²) in [4.78, 5) is 52.0. The zero-order chi connectivity index (χ0) is 39.7. The third-order valence-electron chi connectivity index (χ3n) is 9.51. The average Bonchev–Trinajstić information content (AvgIpc) is 3.67. The zero-order valence-electron chi connectivity index (χ0n) is 32.3. The molecule has 1 aromatic heterocycles. The van der Waals surface area contributed by atoms with Gasteiger partial charge in [0.05, 0.1) is 0 Å². The maximum atomic E-state index is 15.0. The van der Waals surface area contributed by atoms with E-state index in [-0.39, 0.29) is 48.1 Å². The molecule has 0 spiro atoms. The molecular formula is C41H51FN8O5. The fourth-order valence-electron chi connectivity index (χ4n) is 6.63. The predicted molar refractivity (Wildman–Crippen MR) is 207 cm³/mol. The molecule has 1 saturated carbocycles. The van der Waals surface area contributed by atoms with Crippen molar-refractivity contribution in [1.82, 2.24) is 36.6 Å². The average molecular weight is 755 g/mol. The number of ether oxygens (including phenoxy) is 1. The van der Waals surface area contributed by atoms with Crippen LogP contribution in [-0.4, -0.2) is 68.7 Å². The Hall–Kier alpha value is -5.66. The molecule has 13 nitrogen and oxygen atoms in total. The van der Waals surface area contributed by atoms with Gasteiger partial charge in [-0.2, -0.15) is 5.21 Å². The summed E-state index contributed by atoms with van der Waals surface area (Å²) in [6, 6.07) is 16.2. The lowest BCUT2D eigenvalue weighted by Crippen LogP contribution is -2.45. The van der Waals surface area contributed by atoms with Crippen LogP contribution < -0.4 is 21.3 Å². The molecule has 1 fully saturated rings. The van der Waals surface area contributed by atoms with Crippen molar-refractivity contribution in [2.24, 2.45) is 11.8 Å². The van der Waals surface area contributed by atoms with Gasteiger partial charge in [-0.3, -0.25) is 14.4 Å². The number of tetrazole rings is 1.